The van der Waals surface area contributed by atoms with E-state index in [2.05, 4.69) is 5.32 Å². The van der Waals surface area contributed by atoms with E-state index in [1.807, 2.05) is 12.1 Å². The SMILES string of the molecule is COc1ccc(CCNC(=O)Cn2ccn(-c3cc(F)ccc3C)c(=O)c2=O)cc1OC. The molecule has 3 rings (SSSR count). The summed E-state index contributed by atoms with van der Waals surface area (Å²) in [5.74, 6) is 0.280. The van der Waals surface area contributed by atoms with Gasteiger partial charge in [0.05, 0.1) is 19.9 Å². The van der Waals surface area contributed by atoms with Gasteiger partial charge in [-0.15, -0.1) is 0 Å². The molecule has 0 radical (unpaired) electrons. The number of benzene rings is 2. The minimum absolute atomic E-state index is 0.277. The number of nitrogens with zero attached hydrogens (tertiary/aromatic N) is 2. The number of halogens is 1. The number of methoxy groups -OCH3 is 2. The summed E-state index contributed by atoms with van der Waals surface area (Å²) in [6.45, 7) is 1.74. The van der Waals surface area contributed by atoms with Crippen LogP contribution in [0.25, 0.3) is 5.69 Å². The Kier molecular flexibility index (Phi) is 7.09. The fourth-order valence-corrected chi connectivity index (χ4v) is 3.26. The van der Waals surface area contributed by atoms with Crippen LogP contribution in [-0.4, -0.2) is 35.8 Å². The summed E-state index contributed by atoms with van der Waals surface area (Å²) in [6.07, 6.45) is 3.23. The molecule has 0 aliphatic carbocycles. The number of carbonyl (C=O) groups is 1. The Morgan fingerprint density at radius 1 is 1.00 bits per heavy atom. The number of rotatable bonds is 8. The molecule has 3 aromatic rings. The molecule has 2 aromatic carbocycles. The number of hydrogen-bond donors (Lipinski definition) is 1. The van der Waals surface area contributed by atoms with Crippen molar-refractivity contribution < 1.29 is 18.7 Å². The van der Waals surface area contributed by atoms with E-state index in [9.17, 15) is 18.8 Å². The van der Waals surface area contributed by atoms with Crippen LogP contribution in [0.1, 0.15) is 11.1 Å². The zero-order chi connectivity index (χ0) is 23.3. The highest BCUT2D eigenvalue weighted by Gasteiger charge is 2.12. The highest BCUT2D eigenvalue weighted by Crippen LogP contribution is 2.27. The van der Waals surface area contributed by atoms with Crippen LogP contribution >= 0.6 is 0 Å². The largest absolute Gasteiger partial charge is 0.493 e. The first kappa shape index (κ1) is 22.8. The first-order valence-corrected chi connectivity index (χ1v) is 9.90. The zero-order valence-electron chi connectivity index (χ0n) is 18.1. The van der Waals surface area contributed by atoms with Gasteiger partial charge in [0.15, 0.2) is 11.5 Å². The molecule has 0 unspecified atom stereocenters. The predicted molar refractivity (Wildman–Crippen MR) is 117 cm³/mol. The first-order valence-electron chi connectivity index (χ1n) is 9.90. The van der Waals surface area contributed by atoms with E-state index < -0.39 is 22.8 Å². The molecule has 0 saturated carbocycles. The molecule has 1 N–H and O–H groups in total. The number of carbonyl (C=O) groups excluding carboxylic acids is 1. The van der Waals surface area contributed by atoms with Crippen LogP contribution in [0.2, 0.25) is 0 Å². The monoisotopic (exact) mass is 441 g/mol. The lowest BCUT2D eigenvalue weighted by Crippen LogP contribution is -2.42. The highest BCUT2D eigenvalue weighted by molar-refractivity contribution is 5.75. The Labute approximate surface area is 183 Å². The maximum atomic E-state index is 13.6. The molecule has 8 nitrogen and oxygen atoms in total. The van der Waals surface area contributed by atoms with Crippen LogP contribution in [0, 0.1) is 12.7 Å². The van der Waals surface area contributed by atoms with Crippen LogP contribution in [0.3, 0.4) is 0 Å². The molecule has 168 valence electrons. The van der Waals surface area contributed by atoms with Crippen molar-refractivity contribution in [2.45, 2.75) is 19.9 Å². The fourth-order valence-electron chi connectivity index (χ4n) is 3.26. The number of ether oxygens (including phenoxy) is 2. The Morgan fingerprint density at radius 2 is 1.75 bits per heavy atom. The smallest absolute Gasteiger partial charge is 0.320 e. The minimum Gasteiger partial charge on any atom is -0.493 e. The Balaban J connectivity index is 1.66. The van der Waals surface area contributed by atoms with Gasteiger partial charge in [0, 0.05) is 18.9 Å². The molecule has 0 saturated heterocycles. The van der Waals surface area contributed by atoms with E-state index in [-0.39, 0.29) is 12.2 Å². The molecule has 9 heteroatoms. The number of aryl methyl sites for hydroxylation is 1. The van der Waals surface area contributed by atoms with Crippen LogP contribution in [0.15, 0.2) is 58.4 Å². The summed E-state index contributed by atoms with van der Waals surface area (Å²) in [5, 5.41) is 2.73. The third kappa shape index (κ3) is 5.05. The van der Waals surface area contributed by atoms with Gasteiger partial charge in [0.1, 0.15) is 12.4 Å². The molecule has 0 fully saturated rings. The molecule has 1 aromatic heterocycles. The molecule has 0 atom stereocenters. The summed E-state index contributed by atoms with van der Waals surface area (Å²) in [5.41, 5.74) is 0.121. The second-order valence-electron chi connectivity index (χ2n) is 7.13. The van der Waals surface area contributed by atoms with E-state index in [1.165, 1.54) is 30.6 Å². The molecule has 1 heterocycles. The lowest BCUT2D eigenvalue weighted by molar-refractivity contribution is -0.121. The second-order valence-corrected chi connectivity index (χ2v) is 7.13. The Morgan fingerprint density at radius 3 is 2.47 bits per heavy atom. The summed E-state index contributed by atoms with van der Waals surface area (Å²) in [4.78, 5) is 37.2. The lowest BCUT2D eigenvalue weighted by Gasteiger charge is -2.12. The van der Waals surface area contributed by atoms with Crippen molar-refractivity contribution >= 4 is 5.91 Å². The molecule has 0 aliphatic rings. The van der Waals surface area contributed by atoms with Gasteiger partial charge in [0.25, 0.3) is 0 Å². The van der Waals surface area contributed by atoms with Crippen molar-refractivity contribution in [1.82, 2.24) is 14.5 Å². The molecule has 0 bridgehead atoms. The third-order valence-electron chi connectivity index (χ3n) is 4.99. The molecule has 0 aliphatic heterocycles. The molecule has 1 amide bonds. The second kappa shape index (κ2) is 9.95. The van der Waals surface area contributed by atoms with Crippen molar-refractivity contribution in [3.8, 4) is 17.2 Å². The van der Waals surface area contributed by atoms with Crippen molar-refractivity contribution in [3.05, 3.63) is 86.4 Å². The quantitative estimate of drug-likeness (QED) is 0.539. The van der Waals surface area contributed by atoms with Gasteiger partial charge < -0.3 is 14.8 Å². The number of amides is 1. The van der Waals surface area contributed by atoms with E-state index >= 15 is 0 Å². The van der Waals surface area contributed by atoms with Gasteiger partial charge in [-0.05, 0) is 48.7 Å². The van der Waals surface area contributed by atoms with Gasteiger partial charge in [-0.25, -0.2) is 4.39 Å². The lowest BCUT2D eigenvalue weighted by atomic mass is 10.1. The number of nitrogens with one attached hydrogen (secondary N) is 1. The predicted octanol–water partition coefficient (Wildman–Crippen LogP) is 1.82. The fraction of sp³-hybridized carbons (Fsp3) is 0.261. The first-order chi connectivity index (χ1) is 15.3. The van der Waals surface area contributed by atoms with Gasteiger partial charge in [-0.2, -0.15) is 0 Å². The van der Waals surface area contributed by atoms with E-state index in [4.69, 9.17) is 9.47 Å². The minimum atomic E-state index is -0.869. The van der Waals surface area contributed by atoms with Gasteiger partial charge in [-0.3, -0.25) is 23.5 Å². The van der Waals surface area contributed by atoms with Crippen molar-refractivity contribution in [2.24, 2.45) is 0 Å². The van der Waals surface area contributed by atoms with Gasteiger partial charge in [0.2, 0.25) is 5.91 Å². The Hall–Kier alpha value is -3.88. The van der Waals surface area contributed by atoms with Crippen molar-refractivity contribution in [2.75, 3.05) is 20.8 Å². The summed E-state index contributed by atoms with van der Waals surface area (Å²) >= 11 is 0. The van der Waals surface area contributed by atoms with Crippen LogP contribution in [-0.2, 0) is 17.8 Å². The maximum absolute atomic E-state index is 13.6. The molecular weight excluding hydrogens is 417 g/mol. The normalized spacial score (nSPS) is 10.6. The highest BCUT2D eigenvalue weighted by atomic mass is 19.1. The van der Waals surface area contributed by atoms with Crippen LogP contribution < -0.4 is 25.9 Å². The van der Waals surface area contributed by atoms with E-state index in [1.54, 1.807) is 27.2 Å². The molecule has 32 heavy (non-hydrogen) atoms. The number of hydrogen-bond acceptors (Lipinski definition) is 5. The summed E-state index contributed by atoms with van der Waals surface area (Å²) < 4.78 is 26.1. The standard InChI is InChI=1S/C23H24FN3O5/c1-15-4-6-17(24)13-18(15)27-11-10-26(22(29)23(27)30)14-21(28)25-9-8-16-5-7-19(31-2)20(12-16)32-3/h4-7,10-13H,8-9,14H2,1-3H3,(H,25,28). The van der Waals surface area contributed by atoms with Gasteiger partial charge in [-0.1, -0.05) is 12.1 Å². The van der Waals surface area contributed by atoms with Crippen LogP contribution in [0.4, 0.5) is 4.39 Å². The van der Waals surface area contributed by atoms with E-state index in [0.717, 1.165) is 14.7 Å². The topological polar surface area (TPSA) is 91.6 Å². The van der Waals surface area contributed by atoms with Crippen molar-refractivity contribution in [1.29, 1.82) is 0 Å². The average Bonchev–Trinajstić information content (AvgIpc) is 2.78. The van der Waals surface area contributed by atoms with Crippen molar-refractivity contribution in [3.63, 3.8) is 0 Å². The van der Waals surface area contributed by atoms with E-state index in [0.29, 0.717) is 30.0 Å². The number of aromatic nitrogens is 2. The maximum Gasteiger partial charge on any atom is 0.320 e. The van der Waals surface area contributed by atoms with Crippen LogP contribution in [0.5, 0.6) is 11.5 Å². The van der Waals surface area contributed by atoms with Gasteiger partial charge >= 0.3 is 11.1 Å². The molecule has 0 spiro atoms. The third-order valence-corrected chi connectivity index (χ3v) is 4.99. The average molecular weight is 441 g/mol. The summed E-state index contributed by atoms with van der Waals surface area (Å²) in [7, 11) is 3.10. The zero-order valence-corrected chi connectivity index (χ0v) is 18.1. The molecular formula is C23H24FN3O5. The Bertz CT molecular complexity index is 1250. The summed E-state index contributed by atoms with van der Waals surface area (Å²) in [6, 6.07) is 9.45.